The van der Waals surface area contributed by atoms with Crippen LogP contribution >= 0.6 is 0 Å². The van der Waals surface area contributed by atoms with Gasteiger partial charge >= 0.3 is 6.85 Å². The number of aromatic nitrogens is 1. The molecule has 4 aliphatic rings. The Kier molecular flexibility index (Phi) is 9.57. The fourth-order valence-corrected chi connectivity index (χ4v) is 12.5. The maximum absolute atomic E-state index is 3.05. The third kappa shape index (κ3) is 6.93. The van der Waals surface area contributed by atoms with Gasteiger partial charge in [-0.1, -0.05) is 191 Å². The number of hydrogen-bond donors (Lipinski definition) is 0. The van der Waals surface area contributed by atoms with Gasteiger partial charge in [0.15, 0.2) is 0 Å². The summed E-state index contributed by atoms with van der Waals surface area (Å²) >= 11 is 0. The van der Waals surface area contributed by atoms with Gasteiger partial charge in [0.05, 0.1) is 11.0 Å². The predicted molar refractivity (Wildman–Crippen MR) is 283 cm³/mol. The minimum Gasteiger partial charge on any atom is -0.402 e. The number of rotatable bonds is 2. The molecule has 0 spiro atoms. The summed E-state index contributed by atoms with van der Waals surface area (Å²) in [6.45, 7) is 43.3. The van der Waals surface area contributed by atoms with Gasteiger partial charge in [-0.05, 0) is 137 Å². The molecule has 4 unspecified atom stereocenters. The van der Waals surface area contributed by atoms with Gasteiger partial charge in [-0.25, -0.2) is 0 Å². The van der Waals surface area contributed by atoms with E-state index in [0.717, 1.165) is 0 Å². The number of nitrogens with zero attached hydrogens (tertiary/aromatic N) is 2. The fraction of sp³-hybridized carbons (Fsp3) is 0.484. The van der Waals surface area contributed by atoms with Gasteiger partial charge in [-0.15, -0.1) is 0 Å². The van der Waals surface area contributed by atoms with Crippen LogP contribution in [-0.2, 0) is 27.1 Å². The average Bonchev–Trinajstić information content (AvgIpc) is 3.72. The van der Waals surface area contributed by atoms with Crippen LogP contribution in [0, 0.1) is 17.3 Å². The number of fused-ring (bicyclic) bond motifs is 7. The number of hydrogen-bond acceptors (Lipinski definition) is 1. The molecule has 0 amide bonds. The van der Waals surface area contributed by atoms with Crippen molar-refractivity contribution in [3.63, 3.8) is 0 Å². The summed E-state index contributed by atoms with van der Waals surface area (Å²) < 4.78 is 2.73. The smallest absolute Gasteiger partial charge is 0.328 e. The molecule has 0 radical (unpaired) electrons. The van der Waals surface area contributed by atoms with Crippen LogP contribution in [0.25, 0.3) is 38.8 Å². The molecular formula is C62H77BN2. The molecule has 338 valence electrons. The van der Waals surface area contributed by atoms with Crippen LogP contribution in [0.15, 0.2) is 91.0 Å². The van der Waals surface area contributed by atoms with Crippen molar-refractivity contribution in [1.29, 1.82) is 0 Å². The summed E-state index contributed by atoms with van der Waals surface area (Å²) in [4.78, 5) is 3.05. The summed E-state index contributed by atoms with van der Waals surface area (Å²) in [7, 11) is 0. The molecule has 6 aromatic rings. The molecule has 1 aromatic heterocycles. The van der Waals surface area contributed by atoms with Crippen molar-refractivity contribution in [2.45, 2.75) is 177 Å². The molecule has 4 heterocycles. The Morgan fingerprint density at radius 1 is 0.477 bits per heavy atom. The minimum absolute atomic E-state index is 0.0125. The Hall–Kier alpha value is -4.50. The van der Waals surface area contributed by atoms with E-state index in [1.165, 1.54) is 95.9 Å². The largest absolute Gasteiger partial charge is 0.402 e. The highest BCUT2D eigenvalue weighted by molar-refractivity contribution is 6.88. The standard InChI is InChI=1S/C62H77BN2/c1-57(2,3)38-23-19-36(20-24-38)52-48-33-41(60(10,11)12)31-47-45-30-43(62(16,17)18)35-51-53(45)63(65(55(47)48)54(52)37-21-25-39(26-22-37)58(4,5)6)49-34-42(61(13,14)15)32-46-44-29-40(59(7,8)9)27-28-50(44)64(51)56(46)49/h19-30,32,34-35,41,47-48,55H,31,33H2,1-18H3. The first-order valence-corrected chi connectivity index (χ1v) is 25.1. The van der Waals surface area contributed by atoms with E-state index in [9.17, 15) is 0 Å². The van der Waals surface area contributed by atoms with Crippen molar-refractivity contribution < 1.29 is 0 Å². The molecule has 3 aliphatic heterocycles. The van der Waals surface area contributed by atoms with E-state index in [2.05, 4.69) is 225 Å². The lowest BCUT2D eigenvalue weighted by atomic mass is 9.41. The van der Waals surface area contributed by atoms with Crippen molar-refractivity contribution in [2.24, 2.45) is 17.3 Å². The highest BCUT2D eigenvalue weighted by Gasteiger charge is 2.59. The molecule has 1 saturated carbocycles. The molecule has 3 heteroatoms. The van der Waals surface area contributed by atoms with E-state index < -0.39 is 0 Å². The van der Waals surface area contributed by atoms with Crippen molar-refractivity contribution >= 4 is 50.8 Å². The molecule has 0 N–H and O–H groups in total. The van der Waals surface area contributed by atoms with Crippen molar-refractivity contribution in [3.05, 3.63) is 136 Å². The molecule has 2 nitrogen and oxygen atoms in total. The molecule has 1 aliphatic carbocycles. The quantitative estimate of drug-likeness (QED) is 0.158. The average molecular weight is 861 g/mol. The zero-order chi connectivity index (χ0) is 46.9. The molecule has 0 saturated heterocycles. The van der Waals surface area contributed by atoms with Gasteiger partial charge in [0.25, 0.3) is 0 Å². The maximum atomic E-state index is 3.05. The lowest BCUT2D eigenvalue weighted by Crippen LogP contribution is -2.67. The van der Waals surface area contributed by atoms with E-state index in [4.69, 9.17) is 0 Å². The molecule has 1 fully saturated rings. The van der Waals surface area contributed by atoms with Crippen molar-refractivity contribution in [1.82, 2.24) is 9.38 Å². The third-order valence-electron chi connectivity index (χ3n) is 16.6. The first kappa shape index (κ1) is 44.3. The molecular weight excluding hydrogens is 784 g/mol. The molecule has 5 aromatic carbocycles. The monoisotopic (exact) mass is 861 g/mol. The van der Waals surface area contributed by atoms with Crippen LogP contribution < -0.4 is 10.9 Å². The second-order valence-corrected chi connectivity index (χ2v) is 27.2. The second-order valence-electron chi connectivity index (χ2n) is 27.2. The predicted octanol–water partition coefficient (Wildman–Crippen LogP) is 15.1. The van der Waals surface area contributed by atoms with Crippen molar-refractivity contribution in [2.75, 3.05) is 0 Å². The minimum atomic E-state index is -0.0309. The molecule has 0 bridgehead atoms. The topological polar surface area (TPSA) is 8.17 Å². The van der Waals surface area contributed by atoms with E-state index in [-0.39, 0.29) is 39.3 Å². The SMILES string of the molecule is CC(C)(C)c1ccc(C2=C(c3ccc(C(C)(C)C)cc3)N3B4c5c(cc(C(C)(C)C)cc5-n5c6ccc(C(C)(C)C)cc6c6cc(C(C)(C)C)cc4c65)C4CC(C(C)(C)C)CC2C43)cc1. The van der Waals surface area contributed by atoms with E-state index in [1.807, 2.05) is 0 Å². The first-order chi connectivity index (χ1) is 30.0. The van der Waals surface area contributed by atoms with Gasteiger partial charge < -0.3 is 9.38 Å². The van der Waals surface area contributed by atoms with E-state index >= 15 is 0 Å². The summed E-state index contributed by atoms with van der Waals surface area (Å²) in [6.07, 6.45) is 2.40. The summed E-state index contributed by atoms with van der Waals surface area (Å²) in [5, 5.41) is 2.78. The molecule has 65 heavy (non-hydrogen) atoms. The summed E-state index contributed by atoms with van der Waals surface area (Å²) in [5.41, 5.74) is 21.9. The normalized spacial score (nSPS) is 21.1. The highest BCUT2D eigenvalue weighted by atomic mass is 15.2. The van der Waals surface area contributed by atoms with E-state index in [0.29, 0.717) is 23.8 Å². The Morgan fingerprint density at radius 2 is 0.969 bits per heavy atom. The first-order valence-electron chi connectivity index (χ1n) is 25.1. The van der Waals surface area contributed by atoms with Crippen LogP contribution in [0.3, 0.4) is 0 Å². The van der Waals surface area contributed by atoms with Gasteiger partial charge in [0.1, 0.15) is 0 Å². The van der Waals surface area contributed by atoms with Gasteiger partial charge in [0, 0.05) is 40.0 Å². The zero-order valence-corrected chi connectivity index (χ0v) is 43.4. The van der Waals surface area contributed by atoms with Crippen LogP contribution in [0.1, 0.15) is 188 Å². The zero-order valence-electron chi connectivity index (χ0n) is 43.4. The Morgan fingerprint density at radius 3 is 1.51 bits per heavy atom. The summed E-state index contributed by atoms with van der Waals surface area (Å²) in [5.74, 6) is 1.34. The number of benzene rings is 5. The second kappa shape index (κ2) is 14.0. The van der Waals surface area contributed by atoms with Crippen LogP contribution in [0.5, 0.6) is 0 Å². The maximum Gasteiger partial charge on any atom is 0.328 e. The van der Waals surface area contributed by atoms with E-state index in [1.54, 1.807) is 11.1 Å². The van der Waals surface area contributed by atoms with Gasteiger partial charge in [-0.3, -0.25) is 0 Å². The fourth-order valence-electron chi connectivity index (χ4n) is 12.5. The van der Waals surface area contributed by atoms with Crippen LogP contribution in [0.2, 0.25) is 0 Å². The Labute approximate surface area is 393 Å². The third-order valence-corrected chi connectivity index (χ3v) is 16.6. The Balaban J connectivity index is 1.38. The lowest BCUT2D eigenvalue weighted by Gasteiger charge is -2.54. The molecule has 4 atom stereocenters. The van der Waals surface area contributed by atoms with Gasteiger partial charge in [-0.2, -0.15) is 0 Å². The van der Waals surface area contributed by atoms with Crippen LogP contribution in [0.4, 0.5) is 0 Å². The summed E-state index contributed by atoms with van der Waals surface area (Å²) in [6, 6.07) is 38.0. The lowest BCUT2D eigenvalue weighted by molar-refractivity contribution is 0.108. The van der Waals surface area contributed by atoms with Crippen LogP contribution in [-0.4, -0.2) is 22.3 Å². The Bertz CT molecular complexity index is 2930. The van der Waals surface area contributed by atoms with Crippen molar-refractivity contribution in [3.8, 4) is 5.69 Å². The van der Waals surface area contributed by atoms with Gasteiger partial charge in [0.2, 0.25) is 0 Å². The highest BCUT2D eigenvalue weighted by Crippen LogP contribution is 2.61. The molecule has 10 rings (SSSR count).